The lowest BCUT2D eigenvalue weighted by Gasteiger charge is -2.31. The number of rotatable bonds is 31. The number of carboxylic acid groups (broad SMARTS) is 1. The summed E-state index contributed by atoms with van der Waals surface area (Å²) in [4.78, 5) is 146. The summed E-state index contributed by atoms with van der Waals surface area (Å²) in [7, 11) is 0. The number of nitrogens with zero attached hydrogens (tertiary/aromatic N) is 1. The predicted molar refractivity (Wildman–Crippen MR) is 268 cm³/mol. The van der Waals surface area contributed by atoms with Gasteiger partial charge in [-0.25, -0.2) is 4.79 Å². The smallest absolute Gasteiger partial charge is 0.328 e. The number of carbonyl (C=O) groups excluding carboxylic acids is 10. The number of nitrogens with two attached hydrogens (primary N) is 3. The van der Waals surface area contributed by atoms with Gasteiger partial charge in [0.1, 0.15) is 48.0 Å². The molecule has 27 nitrogen and oxygen atoms in total. The summed E-state index contributed by atoms with van der Waals surface area (Å²) in [6, 6.07) is 0.0568. The largest absolute Gasteiger partial charge is 0.508 e. The summed E-state index contributed by atoms with van der Waals surface area (Å²) >= 11 is 0. The van der Waals surface area contributed by atoms with E-state index in [-0.39, 0.29) is 63.2 Å². The van der Waals surface area contributed by atoms with Crippen LogP contribution in [-0.2, 0) is 65.6 Å². The van der Waals surface area contributed by atoms with Crippen molar-refractivity contribution in [3.8, 4) is 5.75 Å². The Bertz CT molecular complexity index is 2360. The number of phenols is 1. The van der Waals surface area contributed by atoms with Crippen LogP contribution in [0.3, 0.4) is 0 Å². The van der Waals surface area contributed by atoms with E-state index in [1.807, 2.05) is 0 Å². The minimum absolute atomic E-state index is 0.0315. The van der Waals surface area contributed by atoms with Gasteiger partial charge in [-0.1, -0.05) is 56.3 Å². The highest BCUT2D eigenvalue weighted by Crippen LogP contribution is 2.21. The van der Waals surface area contributed by atoms with Crippen LogP contribution in [0.15, 0.2) is 54.6 Å². The van der Waals surface area contributed by atoms with E-state index in [0.29, 0.717) is 17.5 Å². The van der Waals surface area contributed by atoms with Gasteiger partial charge in [-0.05, 0) is 68.2 Å². The van der Waals surface area contributed by atoms with Crippen LogP contribution in [0.25, 0.3) is 0 Å². The van der Waals surface area contributed by atoms with E-state index in [1.54, 1.807) is 44.2 Å². The first kappa shape index (κ1) is 62.5. The number of carboxylic acids is 1. The van der Waals surface area contributed by atoms with Crippen LogP contribution < -0.4 is 54.4 Å². The third-order valence-corrected chi connectivity index (χ3v) is 12.1. The van der Waals surface area contributed by atoms with E-state index < -0.39 is 145 Å². The maximum Gasteiger partial charge on any atom is 0.328 e. The van der Waals surface area contributed by atoms with E-state index in [0.717, 1.165) is 0 Å². The van der Waals surface area contributed by atoms with E-state index in [4.69, 9.17) is 17.2 Å². The maximum atomic E-state index is 14.5. The highest BCUT2D eigenvalue weighted by molar-refractivity contribution is 5.98. The van der Waals surface area contributed by atoms with Crippen molar-refractivity contribution < 1.29 is 78.3 Å². The molecule has 0 radical (unpaired) electrons. The SMILES string of the molecule is CC(C)CC(NC(=O)C1CCCN1C(=O)C(Cc1ccccc1)NC(=O)C(CO)NC(=O)C(CO)NC(=O)C(Cc1ccc(O)cc1)NC(=O)C(CCC(N)=O)NC(=O)C(N)CCC(N)=O)C(=O)NC(C(=O)O)C(C)O. The summed E-state index contributed by atoms with van der Waals surface area (Å²) in [5.74, 6) is -11.2. The molecule has 1 aliphatic rings. The van der Waals surface area contributed by atoms with E-state index in [9.17, 15) is 78.3 Å². The number of carbonyl (C=O) groups is 11. The summed E-state index contributed by atoms with van der Waals surface area (Å²) in [6.07, 6.45) is -2.69. The molecule has 1 aliphatic heterocycles. The quantitative estimate of drug-likeness (QED) is 0.0336. The number of amides is 10. The molecule has 1 heterocycles. The van der Waals surface area contributed by atoms with Gasteiger partial charge < -0.3 is 84.9 Å². The van der Waals surface area contributed by atoms with Crippen molar-refractivity contribution in [3.05, 3.63) is 65.7 Å². The van der Waals surface area contributed by atoms with Gasteiger partial charge in [-0.3, -0.25) is 47.9 Å². The van der Waals surface area contributed by atoms with Crippen molar-refractivity contribution in [1.29, 1.82) is 0 Å². The van der Waals surface area contributed by atoms with Crippen LogP contribution in [0, 0.1) is 5.92 Å². The molecule has 18 N–H and O–H groups in total. The molecule has 418 valence electrons. The van der Waals surface area contributed by atoms with Crippen molar-refractivity contribution >= 4 is 65.0 Å². The zero-order valence-corrected chi connectivity index (χ0v) is 42.4. The third-order valence-electron chi connectivity index (χ3n) is 12.1. The van der Waals surface area contributed by atoms with E-state index in [2.05, 4.69) is 37.2 Å². The van der Waals surface area contributed by atoms with Gasteiger partial charge in [0.2, 0.25) is 59.1 Å². The normalized spacial score (nSPS) is 16.7. The zero-order chi connectivity index (χ0) is 56.8. The summed E-state index contributed by atoms with van der Waals surface area (Å²) in [5.41, 5.74) is 17.2. The first-order chi connectivity index (χ1) is 35.8. The molecule has 3 rings (SSSR count). The second-order valence-corrected chi connectivity index (χ2v) is 18.8. The Balaban J connectivity index is 1.85. The molecule has 0 aromatic heterocycles. The Morgan fingerprint density at radius 2 is 1.08 bits per heavy atom. The molecule has 1 fully saturated rings. The highest BCUT2D eigenvalue weighted by Gasteiger charge is 2.41. The van der Waals surface area contributed by atoms with Gasteiger partial charge in [0.05, 0.1) is 25.4 Å². The summed E-state index contributed by atoms with van der Waals surface area (Å²) < 4.78 is 0. The Labute approximate surface area is 437 Å². The second kappa shape index (κ2) is 30.6. The predicted octanol–water partition coefficient (Wildman–Crippen LogP) is -5.08. The third kappa shape index (κ3) is 20.2. The summed E-state index contributed by atoms with van der Waals surface area (Å²) in [5, 5.41) is 66.8. The number of nitrogens with one attached hydrogen (secondary N) is 7. The number of aliphatic carboxylic acids is 1. The molecule has 0 spiro atoms. The van der Waals surface area contributed by atoms with Crippen LogP contribution in [0.1, 0.15) is 76.8 Å². The van der Waals surface area contributed by atoms with Crippen molar-refractivity contribution in [2.45, 2.75) is 139 Å². The van der Waals surface area contributed by atoms with Crippen LogP contribution in [0.2, 0.25) is 0 Å². The fourth-order valence-corrected chi connectivity index (χ4v) is 7.98. The van der Waals surface area contributed by atoms with Gasteiger partial charge in [0.15, 0.2) is 6.04 Å². The molecule has 2 aromatic carbocycles. The molecule has 27 heteroatoms. The van der Waals surface area contributed by atoms with Crippen LogP contribution in [0.5, 0.6) is 5.75 Å². The first-order valence-corrected chi connectivity index (χ1v) is 24.5. The van der Waals surface area contributed by atoms with Gasteiger partial charge in [0.25, 0.3) is 0 Å². The molecule has 10 unspecified atom stereocenters. The van der Waals surface area contributed by atoms with Crippen molar-refractivity contribution in [3.63, 3.8) is 0 Å². The number of hydrogen-bond donors (Lipinski definition) is 15. The first-order valence-electron chi connectivity index (χ1n) is 24.5. The molecule has 76 heavy (non-hydrogen) atoms. The number of phenolic OH excluding ortho intramolecular Hbond substituents is 1. The molecule has 10 amide bonds. The molecule has 0 aliphatic carbocycles. The maximum absolute atomic E-state index is 14.5. The van der Waals surface area contributed by atoms with Crippen molar-refractivity contribution in [1.82, 2.24) is 42.1 Å². The van der Waals surface area contributed by atoms with Crippen molar-refractivity contribution in [2.24, 2.45) is 23.1 Å². The van der Waals surface area contributed by atoms with Gasteiger partial charge in [0, 0.05) is 32.2 Å². The molecule has 0 bridgehead atoms. The van der Waals surface area contributed by atoms with E-state index in [1.165, 1.54) is 36.1 Å². The molecular weight excluding hydrogens is 999 g/mol. The van der Waals surface area contributed by atoms with Crippen LogP contribution in [0.4, 0.5) is 0 Å². The highest BCUT2D eigenvalue weighted by atomic mass is 16.4. The lowest BCUT2D eigenvalue weighted by atomic mass is 10.0. The number of aliphatic hydroxyl groups is 3. The number of aliphatic hydroxyl groups excluding tert-OH is 3. The van der Waals surface area contributed by atoms with Crippen LogP contribution in [-0.4, -0.2) is 176 Å². The molecule has 2 aromatic rings. The lowest BCUT2D eigenvalue weighted by Crippen LogP contribution is -2.61. The number of aromatic hydroxyl groups is 1. The van der Waals surface area contributed by atoms with Gasteiger partial charge >= 0.3 is 5.97 Å². The molecule has 1 saturated heterocycles. The summed E-state index contributed by atoms with van der Waals surface area (Å²) in [6.45, 7) is 2.54. The topological polar surface area (TPSA) is 454 Å². The van der Waals surface area contributed by atoms with Crippen LogP contribution >= 0.6 is 0 Å². The van der Waals surface area contributed by atoms with Crippen molar-refractivity contribution in [2.75, 3.05) is 19.8 Å². The number of hydrogen-bond acceptors (Lipinski definition) is 16. The number of primary amides is 2. The minimum Gasteiger partial charge on any atom is -0.508 e. The lowest BCUT2D eigenvalue weighted by molar-refractivity contribution is -0.146. The number of benzene rings is 2. The number of likely N-dealkylation sites (tertiary alicyclic amines) is 1. The van der Waals surface area contributed by atoms with Gasteiger partial charge in [-0.2, -0.15) is 0 Å². The molecule has 0 saturated carbocycles. The Hall–Kier alpha value is -7.75. The zero-order valence-electron chi connectivity index (χ0n) is 42.4. The van der Waals surface area contributed by atoms with E-state index >= 15 is 0 Å². The Morgan fingerprint density at radius 1 is 0.605 bits per heavy atom. The Kier molecular flexibility index (Phi) is 25.2. The fourth-order valence-electron chi connectivity index (χ4n) is 7.98. The molecule has 10 atom stereocenters. The fraction of sp³-hybridized carbons (Fsp3) is 0.531. The Morgan fingerprint density at radius 3 is 1.61 bits per heavy atom. The minimum atomic E-state index is -1.86. The average molecular weight is 1070 g/mol. The second-order valence-electron chi connectivity index (χ2n) is 18.8. The van der Waals surface area contributed by atoms with Gasteiger partial charge in [-0.15, -0.1) is 0 Å². The standard InChI is InChI=1S/C49H71N11O16/c1-25(2)20-32(44(70)59-40(26(3)63)49(75)76)55-47(73)37-10-7-19-60(37)48(74)34(22-27-8-5-4-6-9-27)56-45(71)35(23-61)58-46(72)36(24-62)57-43(69)33(21-28-11-13-29(64)14-12-28)54-42(68)31(16-18-39(52)66)53-41(67)30(50)15-17-38(51)65/h4-6,8-9,11-14,25-26,30-37,40,61-64H,7,10,15-24,50H2,1-3H3,(H2,51,65)(H2,52,66)(H,53,67)(H,54,68)(H,55,73)(H,56,71)(H,57,69)(H,58,72)(H,59,70)(H,75,76). The molecular formula is C49H71N11O16. The monoisotopic (exact) mass is 1070 g/mol. The average Bonchev–Trinajstić information content (AvgIpc) is 3.86.